The number of carbonyl (C=O) groups excluding carboxylic acids is 2. The summed E-state index contributed by atoms with van der Waals surface area (Å²) in [5.41, 5.74) is 0.987. The number of benzene rings is 1. The Morgan fingerprint density at radius 1 is 1.10 bits per heavy atom. The van der Waals surface area contributed by atoms with Crippen molar-refractivity contribution in [2.75, 3.05) is 14.2 Å². The average Bonchev–Trinajstić information content (AvgIpc) is 3.01. The second-order valence-corrected chi connectivity index (χ2v) is 5.62. The number of methoxy groups -OCH3 is 2. The summed E-state index contributed by atoms with van der Waals surface area (Å²) < 4.78 is 12.1. The molecule has 1 aromatic carbocycles. The van der Waals surface area contributed by atoms with Crippen molar-refractivity contribution in [1.29, 1.82) is 0 Å². The molecule has 0 bridgehead atoms. The monoisotopic (exact) mass is 323 g/mol. The molecule has 0 aliphatic rings. The Kier molecular flexibility index (Phi) is 3.35. The van der Waals surface area contributed by atoms with E-state index in [0.717, 1.165) is 10.2 Å². The van der Waals surface area contributed by atoms with Gasteiger partial charge in [0, 0.05) is 0 Å². The van der Waals surface area contributed by atoms with Gasteiger partial charge in [-0.2, -0.15) is 0 Å². The smallest absolute Gasteiger partial charge is 0.341 e. The summed E-state index contributed by atoms with van der Waals surface area (Å²) in [7, 11) is 2.50. The average molecular weight is 324 g/mol. The van der Waals surface area contributed by atoms with Crippen LogP contribution in [0, 0.1) is 0 Å². The van der Waals surface area contributed by atoms with Gasteiger partial charge in [-0.1, -0.05) is 23.7 Å². The minimum atomic E-state index is -0.666. The minimum Gasteiger partial charge on any atom is -0.465 e. The molecular weight excluding hydrogens is 314 g/mol. The van der Waals surface area contributed by atoms with Crippen molar-refractivity contribution in [1.82, 2.24) is 4.40 Å². The first kappa shape index (κ1) is 13.9. The summed E-state index contributed by atoms with van der Waals surface area (Å²) >= 11 is 7.68. The number of esters is 2. The van der Waals surface area contributed by atoms with E-state index in [9.17, 15) is 9.59 Å². The molecule has 108 valence electrons. The Bertz CT molecular complexity index is 880. The molecule has 0 atom stereocenters. The fourth-order valence-corrected chi connectivity index (χ4v) is 3.83. The zero-order valence-corrected chi connectivity index (χ0v) is 12.7. The highest BCUT2D eigenvalue weighted by Crippen LogP contribution is 2.37. The van der Waals surface area contributed by atoms with Crippen LogP contribution in [-0.4, -0.2) is 30.6 Å². The summed E-state index contributed by atoms with van der Waals surface area (Å²) in [5, 5.41) is 0.148. The summed E-state index contributed by atoms with van der Waals surface area (Å²) in [6, 6.07) is 7.54. The van der Waals surface area contributed by atoms with E-state index in [1.807, 2.05) is 24.3 Å². The summed E-state index contributed by atoms with van der Waals surface area (Å²) in [6.45, 7) is 0. The van der Waals surface area contributed by atoms with Gasteiger partial charge >= 0.3 is 11.9 Å². The SMILES string of the molecule is COC(=O)c1c(C(=O)OC)c2sc3ccccc3n2c1Cl. The van der Waals surface area contributed by atoms with Crippen LogP contribution in [0.5, 0.6) is 0 Å². The van der Waals surface area contributed by atoms with Gasteiger partial charge in [0.15, 0.2) is 0 Å². The Labute approximate surface area is 128 Å². The first-order valence-electron chi connectivity index (χ1n) is 5.98. The number of fused-ring (bicyclic) bond motifs is 3. The molecule has 2 heterocycles. The van der Waals surface area contributed by atoms with Gasteiger partial charge in [-0.15, -0.1) is 11.3 Å². The van der Waals surface area contributed by atoms with E-state index >= 15 is 0 Å². The molecule has 21 heavy (non-hydrogen) atoms. The van der Waals surface area contributed by atoms with Gasteiger partial charge in [0.05, 0.1) is 24.4 Å². The van der Waals surface area contributed by atoms with Gasteiger partial charge in [0.25, 0.3) is 0 Å². The van der Waals surface area contributed by atoms with Crippen LogP contribution in [0.25, 0.3) is 15.0 Å². The number of nitrogens with zero attached hydrogens (tertiary/aromatic N) is 1. The normalized spacial score (nSPS) is 11.0. The molecule has 0 amide bonds. The van der Waals surface area contributed by atoms with Gasteiger partial charge in [-0.05, 0) is 12.1 Å². The predicted molar refractivity (Wildman–Crippen MR) is 80.5 cm³/mol. The molecule has 0 aliphatic heterocycles. The number of aromatic nitrogens is 1. The lowest BCUT2D eigenvalue weighted by molar-refractivity contribution is 0.0558. The summed E-state index contributed by atoms with van der Waals surface area (Å²) in [4.78, 5) is 24.6. The number of carbonyl (C=O) groups is 2. The maximum absolute atomic E-state index is 12.1. The van der Waals surface area contributed by atoms with Crippen molar-refractivity contribution < 1.29 is 19.1 Å². The third-order valence-electron chi connectivity index (χ3n) is 3.16. The quantitative estimate of drug-likeness (QED) is 0.678. The van der Waals surface area contributed by atoms with E-state index in [1.54, 1.807) is 4.40 Å². The molecule has 0 fully saturated rings. The van der Waals surface area contributed by atoms with Crippen LogP contribution < -0.4 is 0 Å². The van der Waals surface area contributed by atoms with E-state index in [2.05, 4.69) is 0 Å². The molecular formula is C14H10ClNO4S. The van der Waals surface area contributed by atoms with Crippen molar-refractivity contribution in [3.8, 4) is 0 Å². The lowest BCUT2D eigenvalue weighted by Crippen LogP contribution is -2.09. The molecule has 2 aromatic heterocycles. The minimum absolute atomic E-state index is 0.0306. The third kappa shape index (κ3) is 1.91. The topological polar surface area (TPSA) is 57.0 Å². The van der Waals surface area contributed by atoms with E-state index in [0.29, 0.717) is 4.83 Å². The lowest BCUT2D eigenvalue weighted by atomic mass is 10.2. The van der Waals surface area contributed by atoms with Crippen LogP contribution in [0.2, 0.25) is 5.15 Å². The zero-order chi connectivity index (χ0) is 15.1. The van der Waals surface area contributed by atoms with Gasteiger partial charge in [-0.3, -0.25) is 4.40 Å². The van der Waals surface area contributed by atoms with Crippen molar-refractivity contribution in [3.05, 3.63) is 40.5 Å². The Morgan fingerprint density at radius 2 is 1.71 bits per heavy atom. The number of para-hydroxylation sites is 1. The van der Waals surface area contributed by atoms with Crippen LogP contribution >= 0.6 is 22.9 Å². The largest absolute Gasteiger partial charge is 0.465 e. The molecule has 0 radical (unpaired) electrons. The standard InChI is InChI=1S/C14H10ClNO4S/c1-19-13(17)9-10(14(18)20-2)12-16(11(9)15)7-5-3-4-6-8(7)21-12/h3-6H,1-2H3. The number of halogens is 1. The highest BCUT2D eigenvalue weighted by molar-refractivity contribution is 7.24. The van der Waals surface area contributed by atoms with Gasteiger partial charge in [-0.25, -0.2) is 9.59 Å². The Hall–Kier alpha value is -2.05. The zero-order valence-electron chi connectivity index (χ0n) is 11.2. The summed E-state index contributed by atoms with van der Waals surface area (Å²) in [5.74, 6) is -1.29. The fourth-order valence-electron chi connectivity index (χ4n) is 2.25. The Balaban J connectivity index is 2.49. The number of thiazole rings is 1. The van der Waals surface area contributed by atoms with Crippen LogP contribution in [0.15, 0.2) is 24.3 Å². The number of hydrogen-bond acceptors (Lipinski definition) is 5. The highest BCUT2D eigenvalue weighted by Gasteiger charge is 2.30. The first-order valence-corrected chi connectivity index (χ1v) is 7.17. The van der Waals surface area contributed by atoms with Crippen LogP contribution in [-0.2, 0) is 9.47 Å². The Morgan fingerprint density at radius 3 is 2.38 bits per heavy atom. The van der Waals surface area contributed by atoms with Crippen molar-refractivity contribution >= 4 is 49.9 Å². The third-order valence-corrected chi connectivity index (χ3v) is 4.66. The molecule has 7 heteroatoms. The van der Waals surface area contributed by atoms with Crippen molar-refractivity contribution in [2.45, 2.75) is 0 Å². The van der Waals surface area contributed by atoms with Crippen LogP contribution in [0.1, 0.15) is 20.7 Å². The van der Waals surface area contributed by atoms with Gasteiger partial charge in [0.2, 0.25) is 0 Å². The molecule has 0 aliphatic carbocycles. The first-order chi connectivity index (χ1) is 10.1. The highest BCUT2D eigenvalue weighted by atomic mass is 35.5. The van der Waals surface area contributed by atoms with Gasteiger partial charge < -0.3 is 9.47 Å². The number of rotatable bonds is 2. The predicted octanol–water partition coefficient (Wildman–Crippen LogP) is 3.38. The fraction of sp³-hybridized carbons (Fsp3) is 0.143. The second-order valence-electron chi connectivity index (χ2n) is 4.23. The number of hydrogen-bond donors (Lipinski definition) is 0. The summed E-state index contributed by atoms with van der Waals surface area (Å²) in [6.07, 6.45) is 0. The molecule has 0 spiro atoms. The van der Waals surface area contributed by atoms with Crippen LogP contribution in [0.4, 0.5) is 0 Å². The van der Waals surface area contributed by atoms with Crippen molar-refractivity contribution in [3.63, 3.8) is 0 Å². The van der Waals surface area contributed by atoms with Gasteiger partial charge in [0.1, 0.15) is 21.1 Å². The molecule has 0 N–H and O–H groups in total. The second kappa shape index (κ2) is 5.05. The molecule has 0 saturated heterocycles. The maximum Gasteiger partial charge on any atom is 0.341 e. The molecule has 3 rings (SSSR count). The van der Waals surface area contributed by atoms with Crippen LogP contribution in [0.3, 0.4) is 0 Å². The van der Waals surface area contributed by atoms with E-state index in [-0.39, 0.29) is 16.3 Å². The van der Waals surface area contributed by atoms with Crippen molar-refractivity contribution in [2.24, 2.45) is 0 Å². The van der Waals surface area contributed by atoms with E-state index in [1.165, 1.54) is 25.6 Å². The maximum atomic E-state index is 12.1. The molecule has 3 aromatic rings. The molecule has 0 unspecified atom stereocenters. The molecule has 0 saturated carbocycles. The number of ether oxygens (including phenoxy) is 2. The van der Waals surface area contributed by atoms with E-state index in [4.69, 9.17) is 21.1 Å². The lowest BCUT2D eigenvalue weighted by Gasteiger charge is -2.01. The molecule has 5 nitrogen and oxygen atoms in total. The van der Waals surface area contributed by atoms with E-state index < -0.39 is 11.9 Å².